The molecule has 1 aromatic heterocycles. The summed E-state index contributed by atoms with van der Waals surface area (Å²) in [6.45, 7) is -0.639. The van der Waals surface area contributed by atoms with Gasteiger partial charge in [0.1, 0.15) is 4.60 Å². The Labute approximate surface area is 100 Å². The smallest absolute Gasteiger partial charge is 0.392 e. The van der Waals surface area contributed by atoms with Crippen molar-refractivity contribution in [1.29, 1.82) is 0 Å². The number of alkyl halides is 5. The summed E-state index contributed by atoms with van der Waals surface area (Å²) in [6.07, 6.45) is -8.31. The molecule has 0 radical (unpaired) electrons. The maximum absolute atomic E-state index is 12.5. The van der Waals surface area contributed by atoms with E-state index in [-0.39, 0.29) is 10.2 Å². The number of ether oxygens (including phenoxy) is 1. The average molecular weight is 322 g/mol. The summed E-state index contributed by atoms with van der Waals surface area (Å²) < 4.78 is 63.9. The first-order valence-electron chi connectivity index (χ1n) is 4.08. The first-order chi connectivity index (χ1) is 7.74. The highest BCUT2D eigenvalue weighted by Crippen LogP contribution is 2.34. The number of halogens is 6. The molecule has 0 spiro atoms. The Bertz CT molecular complexity index is 410. The van der Waals surface area contributed by atoms with Gasteiger partial charge in [-0.1, -0.05) is 0 Å². The first-order valence-corrected chi connectivity index (χ1v) is 4.88. The van der Waals surface area contributed by atoms with E-state index in [2.05, 4.69) is 25.7 Å². The average Bonchev–Trinajstić information content (AvgIpc) is 2.14. The van der Waals surface area contributed by atoms with E-state index in [0.717, 1.165) is 0 Å². The van der Waals surface area contributed by atoms with Gasteiger partial charge in [0.2, 0.25) is 5.88 Å². The third-order valence-electron chi connectivity index (χ3n) is 1.66. The lowest BCUT2D eigenvalue weighted by atomic mass is 10.2. The van der Waals surface area contributed by atoms with Crippen molar-refractivity contribution in [3.05, 3.63) is 21.8 Å². The summed E-state index contributed by atoms with van der Waals surface area (Å²) >= 11 is 2.73. The van der Waals surface area contributed by atoms with E-state index < -0.39 is 30.8 Å². The molecule has 0 bridgehead atoms. The Kier molecular flexibility index (Phi) is 4.26. The second kappa shape index (κ2) is 5.13. The fourth-order valence-electron chi connectivity index (χ4n) is 0.993. The lowest BCUT2D eigenvalue weighted by Crippen LogP contribution is -2.19. The number of pyridine rings is 1. The van der Waals surface area contributed by atoms with Crippen LogP contribution in [0, 0.1) is 0 Å². The molecule has 0 aliphatic carbocycles. The van der Waals surface area contributed by atoms with Crippen LogP contribution in [0.4, 0.5) is 22.0 Å². The van der Waals surface area contributed by atoms with Crippen LogP contribution >= 0.6 is 15.9 Å². The lowest BCUT2D eigenvalue weighted by Gasteiger charge is -2.13. The van der Waals surface area contributed by atoms with Crippen molar-refractivity contribution in [2.75, 3.05) is 0 Å². The minimum absolute atomic E-state index is 0.0603. The van der Waals surface area contributed by atoms with Gasteiger partial charge in [-0.05, 0) is 22.0 Å². The van der Waals surface area contributed by atoms with E-state index >= 15 is 0 Å². The van der Waals surface area contributed by atoms with Crippen LogP contribution in [-0.4, -0.2) is 16.5 Å². The lowest BCUT2D eigenvalue weighted by molar-refractivity contribution is -0.276. The van der Waals surface area contributed by atoms with E-state index in [1.54, 1.807) is 0 Å². The molecule has 1 heterocycles. The van der Waals surface area contributed by atoms with Gasteiger partial charge in [0.15, 0.2) is 0 Å². The molecular formula is C8H5BrF5NO2. The van der Waals surface area contributed by atoms with Crippen LogP contribution in [0.5, 0.6) is 5.88 Å². The van der Waals surface area contributed by atoms with Crippen molar-refractivity contribution in [3.8, 4) is 5.88 Å². The van der Waals surface area contributed by atoms with Crippen molar-refractivity contribution in [2.24, 2.45) is 0 Å². The van der Waals surface area contributed by atoms with Gasteiger partial charge in [0.05, 0.1) is 12.2 Å². The Morgan fingerprint density at radius 3 is 2.41 bits per heavy atom. The minimum Gasteiger partial charge on any atom is -0.392 e. The molecule has 17 heavy (non-hydrogen) atoms. The monoisotopic (exact) mass is 321 g/mol. The van der Waals surface area contributed by atoms with Crippen LogP contribution in [0.2, 0.25) is 0 Å². The summed E-state index contributed by atoms with van der Waals surface area (Å²) in [5.41, 5.74) is -1.09. The summed E-state index contributed by atoms with van der Waals surface area (Å²) in [7, 11) is 0. The normalized spacial score (nSPS) is 12.0. The summed E-state index contributed by atoms with van der Waals surface area (Å²) in [6, 6.07) is 0.697. The van der Waals surface area contributed by atoms with Crippen molar-refractivity contribution in [1.82, 2.24) is 4.98 Å². The molecule has 1 aromatic rings. The quantitative estimate of drug-likeness (QED) is 0.687. The van der Waals surface area contributed by atoms with Crippen LogP contribution in [0.15, 0.2) is 10.7 Å². The third-order valence-corrected chi connectivity index (χ3v) is 2.35. The number of aliphatic hydroxyl groups excluding tert-OH is 1. The molecule has 0 aliphatic heterocycles. The van der Waals surface area contributed by atoms with Gasteiger partial charge in [-0.15, -0.1) is 13.2 Å². The van der Waals surface area contributed by atoms with E-state index in [0.29, 0.717) is 6.07 Å². The second-order valence-corrected chi connectivity index (χ2v) is 3.59. The fourth-order valence-corrected chi connectivity index (χ4v) is 1.39. The zero-order valence-electron chi connectivity index (χ0n) is 7.93. The molecule has 0 unspecified atom stereocenters. The van der Waals surface area contributed by atoms with Crippen LogP contribution in [0.25, 0.3) is 0 Å². The molecular weight excluding hydrogens is 317 g/mol. The Morgan fingerprint density at radius 1 is 1.41 bits per heavy atom. The molecule has 0 aromatic carbocycles. The van der Waals surface area contributed by atoms with Crippen LogP contribution in [0.3, 0.4) is 0 Å². The van der Waals surface area contributed by atoms with Gasteiger partial charge in [0.25, 0.3) is 6.43 Å². The van der Waals surface area contributed by atoms with Crippen LogP contribution in [-0.2, 0) is 6.61 Å². The van der Waals surface area contributed by atoms with Gasteiger partial charge in [-0.2, -0.15) is 0 Å². The predicted octanol–water partition coefficient (Wildman–Crippen LogP) is 3.17. The number of nitrogens with zero attached hydrogens (tertiary/aromatic N) is 1. The minimum atomic E-state index is -5.11. The number of hydrogen-bond donors (Lipinski definition) is 1. The SMILES string of the molecule is OCc1cc(C(F)F)c(OC(F)(F)F)nc1Br. The Morgan fingerprint density at radius 2 is 2.00 bits per heavy atom. The molecule has 3 nitrogen and oxygen atoms in total. The molecule has 1 rings (SSSR count). The highest BCUT2D eigenvalue weighted by atomic mass is 79.9. The molecule has 0 fully saturated rings. The van der Waals surface area contributed by atoms with E-state index in [4.69, 9.17) is 5.11 Å². The number of aromatic nitrogens is 1. The maximum atomic E-state index is 12.5. The van der Waals surface area contributed by atoms with Gasteiger partial charge < -0.3 is 9.84 Å². The van der Waals surface area contributed by atoms with Crippen LogP contribution in [0.1, 0.15) is 17.6 Å². The fraction of sp³-hybridized carbons (Fsp3) is 0.375. The van der Waals surface area contributed by atoms with Gasteiger partial charge in [0, 0.05) is 5.56 Å². The molecule has 1 N–H and O–H groups in total. The highest BCUT2D eigenvalue weighted by Gasteiger charge is 2.34. The van der Waals surface area contributed by atoms with Gasteiger partial charge in [-0.25, -0.2) is 13.8 Å². The summed E-state index contributed by atoms with van der Waals surface area (Å²) in [5, 5.41) is 8.77. The molecule has 0 aliphatic rings. The van der Waals surface area contributed by atoms with Crippen LogP contribution < -0.4 is 4.74 Å². The predicted molar refractivity (Wildman–Crippen MR) is 49.5 cm³/mol. The standard InChI is InChI=1S/C8H5BrF5NO2/c9-5-3(2-16)1-4(6(10)11)7(15-5)17-8(12,13)14/h1,6,16H,2H2. The topological polar surface area (TPSA) is 42.4 Å². The zero-order valence-corrected chi connectivity index (χ0v) is 9.52. The first kappa shape index (κ1) is 14.1. The van der Waals surface area contributed by atoms with E-state index in [1.165, 1.54) is 0 Å². The largest absolute Gasteiger partial charge is 0.574 e. The van der Waals surface area contributed by atoms with Gasteiger partial charge >= 0.3 is 6.36 Å². The van der Waals surface area contributed by atoms with Crippen molar-refractivity contribution >= 4 is 15.9 Å². The van der Waals surface area contributed by atoms with Crippen molar-refractivity contribution < 1.29 is 31.8 Å². The highest BCUT2D eigenvalue weighted by molar-refractivity contribution is 9.10. The summed E-state index contributed by atoms with van der Waals surface area (Å²) in [4.78, 5) is 3.18. The molecule has 96 valence electrons. The number of rotatable bonds is 3. The van der Waals surface area contributed by atoms with E-state index in [1.807, 2.05) is 0 Å². The number of aliphatic hydroxyl groups is 1. The molecule has 9 heteroatoms. The van der Waals surface area contributed by atoms with Crippen molar-refractivity contribution in [3.63, 3.8) is 0 Å². The molecule has 0 saturated carbocycles. The Hall–Kier alpha value is -0.960. The number of hydrogen-bond acceptors (Lipinski definition) is 3. The molecule has 0 atom stereocenters. The molecule has 0 amide bonds. The zero-order chi connectivity index (χ0) is 13.2. The third kappa shape index (κ3) is 3.77. The second-order valence-electron chi connectivity index (χ2n) is 2.84. The van der Waals surface area contributed by atoms with Crippen molar-refractivity contribution in [2.45, 2.75) is 19.4 Å². The summed E-state index contributed by atoms with van der Waals surface area (Å²) in [5.74, 6) is -1.24. The maximum Gasteiger partial charge on any atom is 0.574 e. The Balaban J connectivity index is 3.23. The molecule has 0 saturated heterocycles. The van der Waals surface area contributed by atoms with Gasteiger partial charge in [-0.3, -0.25) is 0 Å². The van der Waals surface area contributed by atoms with E-state index in [9.17, 15) is 22.0 Å².